The van der Waals surface area contributed by atoms with Crippen molar-refractivity contribution in [1.82, 2.24) is 20.3 Å². The molecule has 2 aliphatic rings. The van der Waals surface area contributed by atoms with Crippen LogP contribution in [0.1, 0.15) is 6.42 Å². The quantitative estimate of drug-likeness (QED) is 0.419. The number of pyridine rings is 1. The van der Waals surface area contributed by atoms with Gasteiger partial charge in [0.1, 0.15) is 0 Å². The summed E-state index contributed by atoms with van der Waals surface area (Å²) in [4.78, 5) is 27.8. The number of benzene rings is 2. The summed E-state index contributed by atoms with van der Waals surface area (Å²) in [5, 5.41) is 6.97. The van der Waals surface area contributed by atoms with Gasteiger partial charge in [-0.25, -0.2) is 9.97 Å². The van der Waals surface area contributed by atoms with Crippen molar-refractivity contribution >= 4 is 34.8 Å². The van der Waals surface area contributed by atoms with Crippen LogP contribution >= 0.6 is 11.6 Å². The zero-order valence-corrected chi connectivity index (χ0v) is 19.7. The van der Waals surface area contributed by atoms with E-state index in [1.54, 1.807) is 18.6 Å². The summed E-state index contributed by atoms with van der Waals surface area (Å²) in [6.07, 6.45) is 5.58. The summed E-state index contributed by atoms with van der Waals surface area (Å²) in [7, 11) is 0. The van der Waals surface area contributed by atoms with Gasteiger partial charge in [0, 0.05) is 37.0 Å². The van der Waals surface area contributed by atoms with Gasteiger partial charge in [-0.3, -0.25) is 9.78 Å². The van der Waals surface area contributed by atoms with Crippen LogP contribution in [0.25, 0.3) is 22.4 Å². The number of amides is 1. The van der Waals surface area contributed by atoms with Crippen LogP contribution in [0, 0.1) is 5.41 Å². The van der Waals surface area contributed by atoms with E-state index in [1.165, 1.54) is 0 Å². The number of carbonyl (C=O) groups excluding carboxylic acids is 1. The number of rotatable bonds is 5. The Morgan fingerprint density at radius 1 is 0.943 bits per heavy atom. The summed E-state index contributed by atoms with van der Waals surface area (Å²) < 4.78 is 0. The fourth-order valence-corrected chi connectivity index (χ4v) is 4.93. The van der Waals surface area contributed by atoms with E-state index in [-0.39, 0.29) is 11.3 Å². The number of aromatic nitrogens is 3. The van der Waals surface area contributed by atoms with Crippen molar-refractivity contribution in [2.75, 3.05) is 29.9 Å². The zero-order chi connectivity index (χ0) is 23.8. The Morgan fingerprint density at radius 3 is 2.51 bits per heavy atom. The van der Waals surface area contributed by atoms with Crippen molar-refractivity contribution in [3.8, 4) is 22.4 Å². The summed E-state index contributed by atoms with van der Waals surface area (Å²) in [6.45, 7) is 2.48. The first-order valence-corrected chi connectivity index (χ1v) is 11.9. The van der Waals surface area contributed by atoms with Crippen molar-refractivity contribution in [2.24, 2.45) is 5.41 Å². The van der Waals surface area contributed by atoms with Crippen LogP contribution in [0.15, 0.2) is 79.3 Å². The topological polar surface area (TPSA) is 83.0 Å². The predicted octanol–water partition coefficient (Wildman–Crippen LogP) is 4.93. The molecule has 4 aromatic rings. The molecule has 1 amide bonds. The van der Waals surface area contributed by atoms with Gasteiger partial charge >= 0.3 is 0 Å². The minimum absolute atomic E-state index is 0.0585. The van der Waals surface area contributed by atoms with Gasteiger partial charge in [0.2, 0.25) is 11.9 Å². The van der Waals surface area contributed by atoms with E-state index in [2.05, 4.69) is 49.9 Å². The Bertz CT molecular complexity index is 1410. The molecular weight excluding hydrogens is 460 g/mol. The largest absolute Gasteiger partial charge is 0.323 e. The number of hydrogen-bond donors (Lipinski definition) is 2. The average molecular weight is 483 g/mol. The van der Waals surface area contributed by atoms with E-state index in [0.29, 0.717) is 35.3 Å². The van der Waals surface area contributed by atoms with E-state index in [9.17, 15) is 4.79 Å². The molecule has 0 saturated carbocycles. The standard InChI is InChI=1S/C27H23ClN6O/c28-23-14-31-26(33-25(23)20-8-4-7-19(9-20)18-5-2-1-3-6-18)32-21-10-22(13-29-12-21)34-17-27(11-24(34)35)15-30-16-27/h1-10,12-14,30H,11,15-17H2,(H,31,32,33). The van der Waals surface area contributed by atoms with Crippen molar-refractivity contribution in [1.29, 1.82) is 0 Å². The molecule has 0 aliphatic carbocycles. The molecule has 1 spiro atoms. The van der Waals surface area contributed by atoms with Crippen LogP contribution in [0.4, 0.5) is 17.3 Å². The molecule has 6 rings (SSSR count). The maximum atomic E-state index is 12.6. The summed E-state index contributed by atoms with van der Waals surface area (Å²) >= 11 is 6.49. The van der Waals surface area contributed by atoms with Crippen LogP contribution in [0.3, 0.4) is 0 Å². The van der Waals surface area contributed by atoms with Gasteiger partial charge in [0.15, 0.2) is 0 Å². The van der Waals surface area contributed by atoms with E-state index in [4.69, 9.17) is 11.6 Å². The molecular formula is C27H23ClN6O. The molecule has 8 heteroatoms. The lowest BCUT2D eigenvalue weighted by Gasteiger charge is -2.38. The van der Waals surface area contributed by atoms with Crippen molar-refractivity contribution in [3.63, 3.8) is 0 Å². The van der Waals surface area contributed by atoms with Gasteiger partial charge in [-0.15, -0.1) is 0 Å². The average Bonchev–Trinajstić information content (AvgIpc) is 3.24. The highest BCUT2D eigenvalue weighted by Crippen LogP contribution is 2.38. The normalized spacial score (nSPS) is 16.4. The number of nitrogens with zero attached hydrogens (tertiary/aromatic N) is 4. The third kappa shape index (κ3) is 4.24. The Kier molecular flexibility index (Phi) is 5.43. The lowest BCUT2D eigenvalue weighted by atomic mass is 9.81. The van der Waals surface area contributed by atoms with Gasteiger partial charge in [0.05, 0.1) is 40.7 Å². The Morgan fingerprint density at radius 2 is 1.74 bits per heavy atom. The second kappa shape index (κ2) is 8.76. The smallest absolute Gasteiger partial charge is 0.227 e. The highest BCUT2D eigenvalue weighted by atomic mass is 35.5. The zero-order valence-electron chi connectivity index (χ0n) is 18.9. The molecule has 0 bridgehead atoms. The number of hydrogen-bond acceptors (Lipinski definition) is 6. The van der Waals surface area contributed by atoms with Crippen molar-refractivity contribution in [3.05, 3.63) is 84.3 Å². The number of carbonyl (C=O) groups is 1. The first kappa shape index (κ1) is 21.7. The van der Waals surface area contributed by atoms with Crippen LogP contribution in [-0.2, 0) is 4.79 Å². The van der Waals surface area contributed by atoms with Gasteiger partial charge in [-0.2, -0.15) is 0 Å². The molecule has 35 heavy (non-hydrogen) atoms. The van der Waals surface area contributed by atoms with Gasteiger partial charge in [-0.1, -0.05) is 60.1 Å². The summed E-state index contributed by atoms with van der Waals surface area (Å²) in [5.41, 5.74) is 5.28. The first-order valence-electron chi connectivity index (χ1n) is 11.5. The van der Waals surface area contributed by atoms with Crippen LogP contribution < -0.4 is 15.5 Å². The summed E-state index contributed by atoms with van der Waals surface area (Å²) in [6, 6.07) is 20.2. The molecule has 2 aromatic heterocycles. The van der Waals surface area contributed by atoms with E-state index >= 15 is 0 Å². The molecule has 0 atom stereocenters. The molecule has 174 valence electrons. The fourth-order valence-electron chi connectivity index (χ4n) is 4.73. The van der Waals surface area contributed by atoms with Gasteiger partial charge in [-0.05, 0) is 23.3 Å². The van der Waals surface area contributed by atoms with E-state index in [0.717, 1.165) is 35.5 Å². The molecule has 2 fully saturated rings. The third-order valence-electron chi connectivity index (χ3n) is 6.60. The number of halogens is 1. The SMILES string of the molecule is O=C1CC2(CNC2)CN1c1cncc(Nc2ncc(Cl)c(-c3cccc(-c4ccccc4)c3)n2)c1. The molecule has 4 heterocycles. The molecule has 2 N–H and O–H groups in total. The second-order valence-electron chi connectivity index (χ2n) is 9.15. The van der Waals surface area contributed by atoms with Gasteiger partial charge < -0.3 is 15.5 Å². The van der Waals surface area contributed by atoms with E-state index < -0.39 is 0 Å². The lowest BCUT2D eigenvalue weighted by Crippen LogP contribution is -2.54. The maximum absolute atomic E-state index is 12.6. The summed E-state index contributed by atoms with van der Waals surface area (Å²) in [5.74, 6) is 0.537. The van der Waals surface area contributed by atoms with Crippen LogP contribution in [0.2, 0.25) is 5.02 Å². The van der Waals surface area contributed by atoms with Gasteiger partial charge in [0.25, 0.3) is 0 Å². The molecule has 2 saturated heterocycles. The number of anilines is 3. The van der Waals surface area contributed by atoms with Crippen LogP contribution in [-0.4, -0.2) is 40.5 Å². The molecule has 0 unspecified atom stereocenters. The Balaban J connectivity index is 1.26. The van der Waals surface area contributed by atoms with Crippen LogP contribution in [0.5, 0.6) is 0 Å². The minimum Gasteiger partial charge on any atom is -0.323 e. The fraction of sp³-hybridized carbons (Fsp3) is 0.185. The molecule has 2 aliphatic heterocycles. The highest BCUT2D eigenvalue weighted by molar-refractivity contribution is 6.32. The van der Waals surface area contributed by atoms with E-state index in [1.807, 2.05) is 41.3 Å². The first-order chi connectivity index (χ1) is 17.1. The Labute approximate surface area is 208 Å². The second-order valence-corrected chi connectivity index (χ2v) is 9.56. The lowest BCUT2D eigenvalue weighted by molar-refractivity contribution is -0.118. The number of nitrogens with one attached hydrogen (secondary N) is 2. The van der Waals surface area contributed by atoms with Crippen molar-refractivity contribution < 1.29 is 4.79 Å². The molecule has 2 aromatic carbocycles. The molecule has 7 nitrogen and oxygen atoms in total. The van der Waals surface area contributed by atoms with Crippen molar-refractivity contribution in [2.45, 2.75) is 6.42 Å². The third-order valence-corrected chi connectivity index (χ3v) is 6.88. The highest BCUT2D eigenvalue weighted by Gasteiger charge is 2.47. The Hall–Kier alpha value is -3.81. The monoisotopic (exact) mass is 482 g/mol. The predicted molar refractivity (Wildman–Crippen MR) is 138 cm³/mol. The minimum atomic E-state index is 0.0585. The maximum Gasteiger partial charge on any atom is 0.227 e. The molecule has 0 radical (unpaired) electrons.